The van der Waals surface area contributed by atoms with Gasteiger partial charge in [0, 0.05) is 54.5 Å². The van der Waals surface area contributed by atoms with Crippen LogP contribution in [0, 0.1) is 11.6 Å². The van der Waals surface area contributed by atoms with Crippen molar-refractivity contribution in [2.75, 3.05) is 6.26 Å². The van der Waals surface area contributed by atoms with Crippen molar-refractivity contribution in [3.63, 3.8) is 0 Å². The molecule has 0 aliphatic carbocycles. The minimum atomic E-state index is -3.35. The smallest absolute Gasteiger partial charge is 0.272 e. The maximum atomic E-state index is 14.2. The highest BCUT2D eigenvalue weighted by Gasteiger charge is 2.19. The van der Waals surface area contributed by atoms with Gasteiger partial charge in [-0.1, -0.05) is 0 Å². The molecule has 0 saturated carbocycles. The molecule has 10 heteroatoms. The highest BCUT2D eigenvalue weighted by molar-refractivity contribution is 7.89. The largest absolute Gasteiger partial charge is 0.435 e. The van der Waals surface area contributed by atoms with E-state index >= 15 is 0 Å². The Labute approximate surface area is 175 Å². The van der Waals surface area contributed by atoms with Gasteiger partial charge < -0.3 is 14.3 Å². The second-order valence-corrected chi connectivity index (χ2v) is 9.31. The molecule has 0 spiro atoms. The molecule has 4 rings (SSSR count). The van der Waals surface area contributed by atoms with Gasteiger partial charge >= 0.3 is 0 Å². The molecule has 7 nitrogen and oxygen atoms in total. The Kier molecular flexibility index (Phi) is 5.10. The Morgan fingerprint density at radius 2 is 1.94 bits per heavy atom. The number of fused-ring (bicyclic) bond motifs is 1. The summed E-state index contributed by atoms with van der Waals surface area (Å²) in [6.45, 7) is 0. The molecule has 0 aliphatic rings. The quantitative estimate of drug-likeness (QED) is 0.507. The third kappa shape index (κ3) is 4.19. The van der Waals surface area contributed by atoms with Gasteiger partial charge in [-0.05, 0) is 29.8 Å². The lowest BCUT2D eigenvalue weighted by atomic mass is 10.1. The first-order valence-corrected chi connectivity index (χ1v) is 11.1. The summed E-state index contributed by atoms with van der Waals surface area (Å²) in [5.41, 5.74) is 1.39. The summed E-state index contributed by atoms with van der Waals surface area (Å²) >= 11 is 0. The van der Waals surface area contributed by atoms with Crippen LogP contribution in [0.5, 0.6) is 11.6 Å². The molecule has 3 aromatic heterocycles. The topological polar surface area (TPSA) is 94.0 Å². The summed E-state index contributed by atoms with van der Waals surface area (Å²) in [5, 5.41) is 0.578. The number of nitrogens with zero attached hydrogens (tertiary/aromatic N) is 2. The molecule has 1 N–H and O–H groups in total. The van der Waals surface area contributed by atoms with Crippen LogP contribution >= 0.6 is 0 Å². The number of rotatable bonds is 5. The molecule has 4 aromatic rings. The van der Waals surface area contributed by atoms with E-state index in [0.29, 0.717) is 33.7 Å². The van der Waals surface area contributed by atoms with Crippen molar-refractivity contribution in [1.82, 2.24) is 14.5 Å². The summed E-state index contributed by atoms with van der Waals surface area (Å²) in [4.78, 5) is 19.1. The maximum Gasteiger partial charge on any atom is 0.272 e. The van der Waals surface area contributed by atoms with Gasteiger partial charge in [-0.15, -0.1) is 0 Å². The average Bonchev–Trinajstić information content (AvgIpc) is 3.01. The number of pyridine rings is 2. The third-order valence-electron chi connectivity index (χ3n) is 4.63. The van der Waals surface area contributed by atoms with Gasteiger partial charge in [-0.3, -0.25) is 4.79 Å². The van der Waals surface area contributed by atoms with E-state index < -0.39 is 21.5 Å². The molecule has 1 aromatic carbocycles. The number of H-pyrrole nitrogens is 1. The highest BCUT2D eigenvalue weighted by Crippen LogP contribution is 2.37. The zero-order valence-electron chi connectivity index (χ0n) is 16.5. The molecule has 0 saturated heterocycles. The number of benzene rings is 1. The first-order valence-electron chi connectivity index (χ1n) is 9.09. The lowest BCUT2D eigenvalue weighted by Gasteiger charge is -2.12. The predicted octanol–water partition coefficient (Wildman–Crippen LogP) is 3.54. The summed E-state index contributed by atoms with van der Waals surface area (Å²) in [5.74, 6) is -2.19. The highest BCUT2D eigenvalue weighted by atomic mass is 32.2. The van der Waals surface area contributed by atoms with E-state index in [0.717, 1.165) is 18.4 Å². The minimum absolute atomic E-state index is 0.0180. The van der Waals surface area contributed by atoms with E-state index in [4.69, 9.17) is 4.74 Å². The average molecular weight is 445 g/mol. The summed E-state index contributed by atoms with van der Waals surface area (Å²) in [7, 11) is -1.66. The SMILES string of the molecule is Cn1cc(-c2cc(CS(C)(=O)=O)cnc2Oc2ccc(F)cc2F)c2cc[nH]c(=O)c21. The van der Waals surface area contributed by atoms with Crippen molar-refractivity contribution >= 4 is 20.7 Å². The van der Waals surface area contributed by atoms with Crippen LogP contribution < -0.4 is 10.3 Å². The van der Waals surface area contributed by atoms with E-state index in [1.54, 1.807) is 29.9 Å². The van der Waals surface area contributed by atoms with Gasteiger partial charge in [0.15, 0.2) is 21.4 Å². The van der Waals surface area contributed by atoms with Gasteiger partial charge in [0.25, 0.3) is 5.56 Å². The number of halogens is 2. The lowest BCUT2D eigenvalue weighted by Crippen LogP contribution is -2.07. The van der Waals surface area contributed by atoms with E-state index in [-0.39, 0.29) is 22.9 Å². The van der Waals surface area contributed by atoms with Crippen molar-refractivity contribution in [1.29, 1.82) is 0 Å². The molecule has 0 amide bonds. The molecule has 0 radical (unpaired) electrons. The van der Waals surface area contributed by atoms with Crippen LogP contribution in [0.4, 0.5) is 8.78 Å². The van der Waals surface area contributed by atoms with Gasteiger partial charge in [-0.25, -0.2) is 22.2 Å². The van der Waals surface area contributed by atoms with Crippen LogP contribution in [-0.4, -0.2) is 29.2 Å². The Balaban J connectivity index is 1.93. The van der Waals surface area contributed by atoms with E-state index in [1.165, 1.54) is 12.4 Å². The van der Waals surface area contributed by atoms with Gasteiger partial charge in [0.05, 0.1) is 5.75 Å². The second kappa shape index (κ2) is 7.62. The van der Waals surface area contributed by atoms with Crippen molar-refractivity contribution < 1.29 is 21.9 Å². The maximum absolute atomic E-state index is 14.2. The Hall–Kier alpha value is -3.53. The number of sulfone groups is 1. The molecule has 0 atom stereocenters. The van der Waals surface area contributed by atoms with Crippen LogP contribution in [0.1, 0.15) is 5.56 Å². The molecule has 31 heavy (non-hydrogen) atoms. The molecular weight excluding hydrogens is 428 g/mol. The van der Waals surface area contributed by atoms with E-state index in [2.05, 4.69) is 9.97 Å². The molecule has 0 unspecified atom stereocenters. The normalized spacial score (nSPS) is 11.7. The Bertz CT molecular complexity index is 1480. The fraction of sp³-hybridized carbons (Fsp3) is 0.143. The van der Waals surface area contributed by atoms with Gasteiger partial charge in [0.2, 0.25) is 5.88 Å². The predicted molar refractivity (Wildman–Crippen MR) is 112 cm³/mol. The Morgan fingerprint density at radius 3 is 2.65 bits per heavy atom. The summed E-state index contributed by atoms with van der Waals surface area (Å²) in [6.07, 6.45) is 5.58. The summed E-state index contributed by atoms with van der Waals surface area (Å²) < 4.78 is 58.2. The minimum Gasteiger partial charge on any atom is -0.435 e. The van der Waals surface area contributed by atoms with Crippen LogP contribution in [0.25, 0.3) is 22.0 Å². The van der Waals surface area contributed by atoms with E-state index in [9.17, 15) is 22.0 Å². The van der Waals surface area contributed by atoms with Crippen LogP contribution in [0.15, 0.2) is 53.7 Å². The van der Waals surface area contributed by atoms with Crippen molar-refractivity contribution in [2.45, 2.75) is 5.75 Å². The molecular formula is C21H17F2N3O4S. The fourth-order valence-electron chi connectivity index (χ4n) is 3.39. The van der Waals surface area contributed by atoms with E-state index in [1.807, 2.05) is 0 Å². The van der Waals surface area contributed by atoms with Crippen molar-refractivity contribution in [3.05, 3.63) is 76.5 Å². The molecule has 0 fully saturated rings. The molecule has 160 valence electrons. The first kappa shape index (κ1) is 20.7. The number of nitrogens with one attached hydrogen (secondary N) is 1. The zero-order valence-corrected chi connectivity index (χ0v) is 17.3. The first-order chi connectivity index (χ1) is 14.6. The summed E-state index contributed by atoms with van der Waals surface area (Å²) in [6, 6.07) is 6.13. The third-order valence-corrected chi connectivity index (χ3v) is 5.49. The number of aryl methyl sites for hydroxylation is 1. The van der Waals surface area contributed by atoms with Crippen molar-refractivity contribution in [3.8, 4) is 22.8 Å². The second-order valence-electron chi connectivity index (χ2n) is 7.17. The van der Waals surface area contributed by atoms with Crippen LogP contribution in [0.2, 0.25) is 0 Å². The number of hydrogen-bond donors (Lipinski definition) is 1. The number of aromatic amines is 1. The van der Waals surface area contributed by atoms with Crippen LogP contribution in [0.3, 0.4) is 0 Å². The number of aromatic nitrogens is 3. The fourth-order valence-corrected chi connectivity index (χ4v) is 4.16. The van der Waals surface area contributed by atoms with Gasteiger partial charge in [0.1, 0.15) is 11.3 Å². The number of ether oxygens (including phenoxy) is 1. The number of hydrogen-bond acceptors (Lipinski definition) is 5. The standard InChI is InChI=1S/C21H17F2N3O4S/c1-26-10-16(14-5-6-24-20(27)19(14)26)15-7-12(11-31(2,28)29)9-25-21(15)30-18-4-3-13(22)8-17(18)23/h3-10H,11H2,1-2H3,(H,24,27). The van der Waals surface area contributed by atoms with Gasteiger partial charge in [-0.2, -0.15) is 0 Å². The molecule has 3 heterocycles. The lowest BCUT2D eigenvalue weighted by molar-refractivity contribution is 0.425. The Morgan fingerprint density at radius 1 is 1.16 bits per heavy atom. The monoisotopic (exact) mass is 445 g/mol. The van der Waals surface area contributed by atoms with Crippen LogP contribution in [-0.2, 0) is 22.6 Å². The molecule has 0 bridgehead atoms. The van der Waals surface area contributed by atoms with Crippen molar-refractivity contribution in [2.24, 2.45) is 7.05 Å². The molecule has 0 aliphatic heterocycles. The zero-order chi connectivity index (χ0) is 22.3.